The molecule has 10 nitrogen and oxygen atoms in total. The van der Waals surface area contributed by atoms with E-state index >= 15 is 0 Å². The summed E-state index contributed by atoms with van der Waals surface area (Å²) in [6.45, 7) is 5.53. The lowest BCUT2D eigenvalue weighted by Gasteiger charge is -2.05. The van der Waals surface area contributed by atoms with E-state index in [-0.39, 0.29) is 0 Å². The highest BCUT2D eigenvalue weighted by molar-refractivity contribution is 7.99. The van der Waals surface area contributed by atoms with Crippen LogP contribution in [0, 0.1) is 0 Å². The highest BCUT2D eigenvalue weighted by atomic mass is 32.2. The van der Waals surface area contributed by atoms with E-state index in [4.69, 9.17) is 51.1 Å². The summed E-state index contributed by atoms with van der Waals surface area (Å²) in [4.78, 5) is 36.0. The molecule has 8 N–H and O–H groups in total. The van der Waals surface area contributed by atoms with Crippen LogP contribution in [0.4, 0.5) is 0 Å². The van der Waals surface area contributed by atoms with Crippen LogP contribution < -0.4 is 11.5 Å². The van der Waals surface area contributed by atoms with Gasteiger partial charge < -0.3 is 31.9 Å². The van der Waals surface area contributed by atoms with Crippen LogP contribution in [0.2, 0.25) is 0 Å². The van der Waals surface area contributed by atoms with Crippen molar-refractivity contribution in [1.29, 1.82) is 0 Å². The highest BCUT2D eigenvalue weighted by Gasteiger charge is 1.95. The van der Waals surface area contributed by atoms with Crippen LogP contribution >= 0.6 is 11.8 Å². The molecule has 11 heteroatoms. The van der Waals surface area contributed by atoms with Gasteiger partial charge in [-0.3, -0.25) is 19.2 Å². The molecule has 0 aliphatic carbocycles. The summed E-state index contributed by atoms with van der Waals surface area (Å²) in [7, 11) is 0. The first-order chi connectivity index (χ1) is 11.8. The zero-order valence-electron chi connectivity index (χ0n) is 15.9. The van der Waals surface area contributed by atoms with Crippen LogP contribution in [0.1, 0.15) is 47.0 Å². The predicted molar refractivity (Wildman–Crippen MR) is 103 cm³/mol. The highest BCUT2D eigenvalue weighted by Crippen LogP contribution is 2.14. The van der Waals surface area contributed by atoms with Crippen LogP contribution in [0.5, 0.6) is 0 Å². The smallest absolute Gasteiger partial charge is 0.300 e. The largest absolute Gasteiger partial charge is 0.481 e. The van der Waals surface area contributed by atoms with Crippen molar-refractivity contribution in [3.63, 3.8) is 0 Å². The SMILES string of the molecule is C1CCSCC1.CC(=O)O.CC(=O)O.CC(=O)O.CC(=O)O.NCCN. The first kappa shape index (κ1) is 35.3. The van der Waals surface area contributed by atoms with Crippen molar-refractivity contribution < 1.29 is 39.6 Å². The van der Waals surface area contributed by atoms with E-state index in [2.05, 4.69) is 11.8 Å². The van der Waals surface area contributed by atoms with Gasteiger partial charge in [0.1, 0.15) is 0 Å². The molecule has 0 aromatic rings. The number of rotatable bonds is 1. The molecular formula is C15H34N2O8S. The Kier molecular flexibility index (Phi) is 46.8. The van der Waals surface area contributed by atoms with Gasteiger partial charge in [-0.05, 0) is 24.3 Å². The third-order valence-corrected chi connectivity index (χ3v) is 2.40. The van der Waals surface area contributed by atoms with Crippen molar-refractivity contribution in [3.05, 3.63) is 0 Å². The molecule has 0 amide bonds. The summed E-state index contributed by atoms with van der Waals surface area (Å²) in [6.07, 6.45) is 4.41. The molecular weight excluding hydrogens is 368 g/mol. The van der Waals surface area contributed by atoms with Gasteiger partial charge >= 0.3 is 0 Å². The Morgan fingerprint density at radius 3 is 0.885 bits per heavy atom. The number of aliphatic carboxylic acids is 4. The first-order valence-corrected chi connectivity index (χ1v) is 8.76. The third kappa shape index (κ3) is 374. The van der Waals surface area contributed by atoms with Gasteiger partial charge in [0.2, 0.25) is 0 Å². The van der Waals surface area contributed by atoms with Crippen LogP contribution in [0.25, 0.3) is 0 Å². The van der Waals surface area contributed by atoms with E-state index in [0.717, 1.165) is 27.7 Å². The Morgan fingerprint density at radius 2 is 0.846 bits per heavy atom. The molecule has 0 spiro atoms. The van der Waals surface area contributed by atoms with Crippen molar-refractivity contribution in [3.8, 4) is 0 Å². The summed E-state index contributed by atoms with van der Waals surface area (Å²) < 4.78 is 0. The average molecular weight is 403 g/mol. The second kappa shape index (κ2) is 34.5. The maximum Gasteiger partial charge on any atom is 0.300 e. The van der Waals surface area contributed by atoms with E-state index in [0.29, 0.717) is 13.1 Å². The normalized spacial score (nSPS) is 10.5. The topological polar surface area (TPSA) is 201 Å². The molecule has 1 saturated heterocycles. The molecule has 0 unspecified atom stereocenters. The quantitative estimate of drug-likeness (QED) is 0.367. The van der Waals surface area contributed by atoms with Crippen molar-refractivity contribution in [1.82, 2.24) is 0 Å². The summed E-state index contributed by atoms with van der Waals surface area (Å²) in [5.41, 5.74) is 9.81. The number of hydrogen-bond donors (Lipinski definition) is 6. The molecule has 0 aromatic carbocycles. The molecule has 0 atom stereocenters. The van der Waals surface area contributed by atoms with Gasteiger partial charge in [0, 0.05) is 40.8 Å². The molecule has 0 saturated carbocycles. The maximum absolute atomic E-state index is 9.00. The molecule has 1 aliphatic rings. The fourth-order valence-corrected chi connectivity index (χ4v) is 1.71. The number of hydrogen-bond acceptors (Lipinski definition) is 7. The standard InChI is InChI=1S/C5H10S.C2H8N2.4C2H4O2/c1-2-4-6-5-3-1;3-1-2-4;4*1-2(3)4/h1-5H2;1-4H2;4*1H3,(H,3,4). The Labute approximate surface area is 158 Å². The summed E-state index contributed by atoms with van der Waals surface area (Å²) >= 11 is 2.09. The van der Waals surface area contributed by atoms with Gasteiger partial charge in [-0.2, -0.15) is 11.8 Å². The maximum atomic E-state index is 9.00. The van der Waals surface area contributed by atoms with Gasteiger partial charge in [-0.15, -0.1) is 0 Å². The van der Waals surface area contributed by atoms with Gasteiger partial charge in [0.15, 0.2) is 0 Å². The van der Waals surface area contributed by atoms with Crippen LogP contribution in [0.15, 0.2) is 0 Å². The lowest BCUT2D eigenvalue weighted by molar-refractivity contribution is -0.135. The Hall–Kier alpha value is -1.85. The van der Waals surface area contributed by atoms with Crippen molar-refractivity contribution in [2.45, 2.75) is 47.0 Å². The molecule has 158 valence electrons. The number of nitrogens with two attached hydrogens (primary N) is 2. The molecule has 1 aliphatic heterocycles. The number of thioether (sulfide) groups is 1. The monoisotopic (exact) mass is 402 g/mol. The molecule has 0 radical (unpaired) electrons. The lowest BCUT2D eigenvalue weighted by Crippen LogP contribution is -2.11. The van der Waals surface area contributed by atoms with E-state index in [9.17, 15) is 0 Å². The predicted octanol–water partition coefficient (Wildman–Crippen LogP) is 1.17. The molecule has 26 heavy (non-hydrogen) atoms. The molecule has 1 rings (SSSR count). The summed E-state index contributed by atoms with van der Waals surface area (Å²) in [6, 6.07) is 0. The Bertz CT molecular complexity index is 260. The van der Waals surface area contributed by atoms with Crippen molar-refractivity contribution in [2.75, 3.05) is 24.6 Å². The summed E-state index contributed by atoms with van der Waals surface area (Å²) in [5, 5.41) is 29.7. The van der Waals surface area contributed by atoms with Crippen molar-refractivity contribution >= 4 is 35.6 Å². The minimum absolute atomic E-state index is 0.597. The van der Waals surface area contributed by atoms with Crippen LogP contribution in [-0.2, 0) is 19.2 Å². The fourth-order valence-electron chi connectivity index (χ4n) is 0.687. The first-order valence-electron chi connectivity index (χ1n) is 7.60. The summed E-state index contributed by atoms with van der Waals surface area (Å²) in [5.74, 6) is -0.500. The average Bonchev–Trinajstić information content (AvgIpc) is 2.47. The van der Waals surface area contributed by atoms with E-state index in [1.807, 2.05) is 0 Å². The molecule has 0 bridgehead atoms. The van der Waals surface area contributed by atoms with Crippen LogP contribution in [-0.4, -0.2) is 68.9 Å². The molecule has 1 heterocycles. The molecule has 1 fully saturated rings. The Balaban J connectivity index is -0.0000000687. The fraction of sp³-hybridized carbons (Fsp3) is 0.733. The zero-order chi connectivity index (χ0) is 22.0. The number of carbonyl (C=O) groups is 4. The third-order valence-electron chi connectivity index (χ3n) is 1.24. The van der Waals surface area contributed by atoms with Gasteiger partial charge in [0.25, 0.3) is 23.9 Å². The van der Waals surface area contributed by atoms with Crippen molar-refractivity contribution in [2.24, 2.45) is 11.5 Å². The van der Waals surface area contributed by atoms with Gasteiger partial charge in [0.05, 0.1) is 0 Å². The minimum atomic E-state index is -0.833. The second-order valence-corrected chi connectivity index (χ2v) is 5.55. The zero-order valence-corrected chi connectivity index (χ0v) is 16.8. The van der Waals surface area contributed by atoms with Crippen LogP contribution in [0.3, 0.4) is 0 Å². The van der Waals surface area contributed by atoms with E-state index < -0.39 is 23.9 Å². The van der Waals surface area contributed by atoms with E-state index in [1.54, 1.807) is 0 Å². The second-order valence-electron chi connectivity index (χ2n) is 4.33. The number of carboxylic acid groups (broad SMARTS) is 4. The number of carboxylic acids is 4. The lowest BCUT2D eigenvalue weighted by atomic mass is 10.3. The van der Waals surface area contributed by atoms with E-state index in [1.165, 1.54) is 30.8 Å². The Morgan fingerprint density at radius 1 is 0.654 bits per heavy atom. The van der Waals surface area contributed by atoms with Gasteiger partial charge in [-0.1, -0.05) is 6.42 Å². The minimum Gasteiger partial charge on any atom is -0.481 e. The molecule has 0 aromatic heterocycles. The van der Waals surface area contributed by atoms with Gasteiger partial charge in [-0.25, -0.2) is 0 Å².